The summed E-state index contributed by atoms with van der Waals surface area (Å²) in [5.41, 5.74) is 0. The Bertz CT molecular complexity index is 65.3. The normalized spacial score (nSPS) is 3.63. The minimum Gasteiger partial charge on any atom is -0.400 e. The van der Waals surface area contributed by atoms with E-state index in [1.54, 1.807) is 0 Å². The summed E-state index contributed by atoms with van der Waals surface area (Å²) >= 11 is 0. The molecule has 0 spiro atoms. The van der Waals surface area contributed by atoms with Crippen LogP contribution in [0.2, 0.25) is 0 Å². The second-order valence-corrected chi connectivity index (χ2v) is 0.547. The fourth-order valence-corrected chi connectivity index (χ4v) is 0. The molecule has 7 heteroatoms. The molecule has 0 bridgehead atoms. The van der Waals surface area contributed by atoms with Crippen molar-refractivity contribution < 1.29 is 24.1 Å². The maximum Gasteiger partial charge on any atom is 0.106 e. The molecular formula is C12H34N2O5. The highest BCUT2D eigenvalue weighted by atomic mass is 16.6. The Morgan fingerprint density at radius 1 is 0.737 bits per heavy atom. The second kappa shape index (κ2) is 1980. The Kier molecular flexibility index (Phi) is 5530. The van der Waals surface area contributed by atoms with Gasteiger partial charge < -0.3 is 24.1 Å². The van der Waals surface area contributed by atoms with Gasteiger partial charge in [-0.05, 0) is 0 Å². The molecule has 0 aliphatic rings. The van der Waals surface area contributed by atoms with E-state index in [1.165, 1.54) is 14.2 Å². The number of nitrogens with zero attached hydrogens (tertiary/aromatic N) is 1. The topological polar surface area (TPSA) is 108 Å². The second-order valence-electron chi connectivity index (χ2n) is 0.547. The van der Waals surface area contributed by atoms with Crippen LogP contribution in [-0.2, 0) is 24.1 Å². The number of carbonyl (C=O) groups is 3. The van der Waals surface area contributed by atoms with Crippen LogP contribution in [0.5, 0.6) is 0 Å². The van der Waals surface area contributed by atoms with Gasteiger partial charge in [0.2, 0.25) is 0 Å². The molecule has 0 aromatic rings. The molecule has 0 amide bonds. The molecule has 7 nitrogen and oxygen atoms in total. The molecule has 0 aliphatic carbocycles. The summed E-state index contributed by atoms with van der Waals surface area (Å²) in [7, 11) is 2.85. The van der Waals surface area contributed by atoms with Gasteiger partial charge in [-0.1, -0.05) is 41.5 Å². The first-order chi connectivity index (χ1) is 9.33. The van der Waals surface area contributed by atoms with Crippen LogP contribution >= 0.6 is 0 Å². The molecule has 0 aliphatic heterocycles. The number of nitrogens with two attached hydrogens (primary N) is 1. The van der Waals surface area contributed by atoms with Gasteiger partial charge in [0.25, 0.3) is 0 Å². The maximum atomic E-state index is 8.00. The van der Waals surface area contributed by atoms with Crippen LogP contribution in [0.15, 0.2) is 5.16 Å². The SMILES string of the molecule is C=NOC.C=O.C=O.C=O.CC.CC.CC.CON. The van der Waals surface area contributed by atoms with E-state index in [4.69, 9.17) is 14.4 Å². The lowest BCUT2D eigenvalue weighted by Crippen LogP contribution is -1.86. The van der Waals surface area contributed by atoms with Gasteiger partial charge in [-0.25, -0.2) is 5.90 Å². The Balaban J connectivity index is -0.0000000124. The first-order valence-corrected chi connectivity index (χ1v) is 5.42. The predicted molar refractivity (Wildman–Crippen MR) is 83.2 cm³/mol. The van der Waals surface area contributed by atoms with E-state index in [9.17, 15) is 0 Å². The first-order valence-electron chi connectivity index (χ1n) is 5.42. The molecule has 0 fully saturated rings. The molecule has 0 aromatic carbocycles. The Morgan fingerprint density at radius 3 is 0.789 bits per heavy atom. The largest absolute Gasteiger partial charge is 0.400 e. The lowest BCUT2D eigenvalue weighted by molar-refractivity contribution is -0.0987. The van der Waals surface area contributed by atoms with Crippen molar-refractivity contribution in [3.63, 3.8) is 0 Å². The van der Waals surface area contributed by atoms with Gasteiger partial charge in [0, 0.05) is 6.72 Å². The van der Waals surface area contributed by atoms with Crippen LogP contribution in [0, 0.1) is 0 Å². The molecule has 0 heterocycles. The van der Waals surface area contributed by atoms with Crippen molar-refractivity contribution in [2.75, 3.05) is 14.2 Å². The molecule has 19 heavy (non-hydrogen) atoms. The zero-order chi connectivity index (χ0) is 18.1. The third-order valence-electron chi connectivity index (χ3n) is 0.129. The predicted octanol–water partition coefficient (Wildman–Crippen LogP) is 2.28. The molecule has 0 rings (SSSR count). The van der Waals surface area contributed by atoms with Crippen molar-refractivity contribution in [1.82, 2.24) is 0 Å². The van der Waals surface area contributed by atoms with Gasteiger partial charge in [-0.15, -0.1) is 5.16 Å². The maximum absolute atomic E-state index is 8.00. The van der Waals surface area contributed by atoms with Crippen molar-refractivity contribution in [2.45, 2.75) is 41.5 Å². The van der Waals surface area contributed by atoms with E-state index >= 15 is 0 Å². The molecular weight excluding hydrogens is 252 g/mol. The van der Waals surface area contributed by atoms with Gasteiger partial charge in [-0.2, -0.15) is 0 Å². The highest BCUT2D eigenvalue weighted by Gasteiger charge is 1.35. The summed E-state index contributed by atoms with van der Waals surface area (Å²) < 4.78 is 0. The Morgan fingerprint density at radius 2 is 0.789 bits per heavy atom. The summed E-state index contributed by atoms with van der Waals surface area (Å²) in [5, 5.41) is 2.99. The van der Waals surface area contributed by atoms with E-state index in [0.29, 0.717) is 0 Å². The summed E-state index contributed by atoms with van der Waals surface area (Å²) in [5.74, 6) is 4.35. The van der Waals surface area contributed by atoms with Crippen molar-refractivity contribution in [3.8, 4) is 0 Å². The van der Waals surface area contributed by atoms with Crippen LogP contribution < -0.4 is 5.90 Å². The Labute approximate surface area is 119 Å². The monoisotopic (exact) mass is 286 g/mol. The Hall–Kier alpha value is -1.60. The van der Waals surface area contributed by atoms with Gasteiger partial charge >= 0.3 is 0 Å². The van der Waals surface area contributed by atoms with Gasteiger partial charge in [0.05, 0.1) is 7.11 Å². The van der Waals surface area contributed by atoms with Crippen LogP contribution in [0.3, 0.4) is 0 Å². The summed E-state index contributed by atoms with van der Waals surface area (Å²) in [6, 6.07) is 0. The summed E-state index contributed by atoms with van der Waals surface area (Å²) in [6.45, 7) is 21.0. The number of hydrogen-bond acceptors (Lipinski definition) is 7. The quantitative estimate of drug-likeness (QED) is 0.585. The molecule has 0 aromatic heterocycles. The molecule has 0 saturated carbocycles. The third-order valence-corrected chi connectivity index (χ3v) is 0.129. The van der Waals surface area contributed by atoms with Crippen LogP contribution in [0.25, 0.3) is 0 Å². The van der Waals surface area contributed by atoms with E-state index in [2.05, 4.69) is 27.4 Å². The highest BCUT2D eigenvalue weighted by Crippen LogP contribution is 1.49. The zero-order valence-electron chi connectivity index (χ0n) is 13.9. The third kappa shape index (κ3) is 9450. The van der Waals surface area contributed by atoms with Crippen molar-refractivity contribution >= 4 is 27.1 Å². The van der Waals surface area contributed by atoms with E-state index in [-0.39, 0.29) is 0 Å². The van der Waals surface area contributed by atoms with Crippen LogP contribution in [0.4, 0.5) is 0 Å². The lowest BCUT2D eigenvalue weighted by atomic mass is 11.0. The summed E-state index contributed by atoms with van der Waals surface area (Å²) in [6.07, 6.45) is 0. The lowest BCUT2D eigenvalue weighted by Gasteiger charge is -1.71. The van der Waals surface area contributed by atoms with Crippen molar-refractivity contribution in [2.24, 2.45) is 11.1 Å². The van der Waals surface area contributed by atoms with Gasteiger partial charge in [0.1, 0.15) is 27.5 Å². The van der Waals surface area contributed by atoms with Gasteiger partial charge in [-0.3, -0.25) is 0 Å². The first kappa shape index (κ1) is 53.0. The van der Waals surface area contributed by atoms with Crippen LogP contribution in [-0.4, -0.2) is 41.3 Å². The minimum atomic E-state index is 1.40. The van der Waals surface area contributed by atoms with E-state index in [1.807, 2.05) is 61.9 Å². The number of hydrogen-bond donors (Lipinski definition) is 1. The number of rotatable bonds is 1. The van der Waals surface area contributed by atoms with Crippen LogP contribution in [0.1, 0.15) is 41.5 Å². The number of oxime groups is 1. The fraction of sp³-hybridized carbons (Fsp3) is 0.667. The van der Waals surface area contributed by atoms with Crippen molar-refractivity contribution in [1.29, 1.82) is 0 Å². The standard InChI is InChI=1S/C2H5NO.3C2H6.CH5NO.3CH2O/c1-3-4-2;3*1-2;1-3-2;3*1-2/h1H2,2H3;3*1-2H3;2H2,1H3;3*1H2. The van der Waals surface area contributed by atoms with Crippen molar-refractivity contribution in [3.05, 3.63) is 0 Å². The average molecular weight is 286 g/mol. The van der Waals surface area contributed by atoms with Gasteiger partial charge in [0.15, 0.2) is 0 Å². The molecule has 0 unspecified atom stereocenters. The summed E-state index contributed by atoms with van der Waals surface area (Å²) in [4.78, 5) is 31.8. The molecule has 0 atom stereocenters. The molecule has 122 valence electrons. The smallest absolute Gasteiger partial charge is 0.106 e. The average Bonchev–Trinajstić information content (AvgIpc) is 2.59. The van der Waals surface area contributed by atoms with E-state index < -0.39 is 0 Å². The zero-order valence-corrected chi connectivity index (χ0v) is 13.9. The number of carbonyl (C=O) groups excluding carboxylic acids is 3. The highest BCUT2D eigenvalue weighted by molar-refractivity contribution is 5.21. The molecule has 0 saturated heterocycles. The van der Waals surface area contributed by atoms with E-state index in [0.717, 1.165) is 0 Å². The fourth-order valence-electron chi connectivity index (χ4n) is 0. The molecule has 0 radical (unpaired) electrons. The molecule has 2 N–H and O–H groups in total. The minimum absolute atomic E-state index is 1.40.